The number of amides is 4. The van der Waals surface area contributed by atoms with Crippen LogP contribution < -0.4 is 14.8 Å². The van der Waals surface area contributed by atoms with Gasteiger partial charge in [-0.15, -0.1) is 0 Å². The highest BCUT2D eigenvalue weighted by Crippen LogP contribution is 2.35. The fourth-order valence-corrected chi connectivity index (χ4v) is 3.51. The molecule has 1 aliphatic carbocycles. The van der Waals surface area contributed by atoms with Crippen molar-refractivity contribution in [2.24, 2.45) is 0 Å². The van der Waals surface area contributed by atoms with E-state index in [1.165, 1.54) is 26.4 Å². The highest BCUT2D eigenvalue weighted by molar-refractivity contribution is 6.34. The Morgan fingerprint density at radius 1 is 1.12 bits per heavy atom. The van der Waals surface area contributed by atoms with E-state index in [0.29, 0.717) is 22.1 Å². The second-order valence-corrected chi connectivity index (χ2v) is 6.57. The molecule has 1 aromatic rings. The highest BCUT2D eigenvalue weighted by Gasteiger charge is 2.40. The van der Waals surface area contributed by atoms with Crippen LogP contribution in [0.3, 0.4) is 0 Å². The molecule has 2 fully saturated rings. The van der Waals surface area contributed by atoms with Gasteiger partial charge < -0.3 is 9.47 Å². The van der Waals surface area contributed by atoms with Gasteiger partial charge in [0.25, 0.3) is 11.8 Å². The number of ether oxygens (including phenoxy) is 2. The van der Waals surface area contributed by atoms with Crippen LogP contribution in [0.2, 0.25) is 5.02 Å². The lowest BCUT2D eigenvalue weighted by molar-refractivity contribution is -0.131. The number of halogens is 1. The molecule has 1 heterocycles. The summed E-state index contributed by atoms with van der Waals surface area (Å²) in [6, 6.07) is 2.27. The summed E-state index contributed by atoms with van der Waals surface area (Å²) in [6.45, 7) is 0. The maximum absolute atomic E-state index is 12.8. The first-order chi connectivity index (χ1) is 12.5. The van der Waals surface area contributed by atoms with Crippen LogP contribution in [0.15, 0.2) is 17.7 Å². The van der Waals surface area contributed by atoms with Crippen LogP contribution in [-0.2, 0) is 9.59 Å². The number of rotatable bonds is 4. The van der Waals surface area contributed by atoms with E-state index in [9.17, 15) is 14.4 Å². The third kappa shape index (κ3) is 3.26. The largest absolute Gasteiger partial charge is 0.493 e. The monoisotopic (exact) mass is 378 g/mol. The van der Waals surface area contributed by atoms with Crippen LogP contribution in [0, 0.1) is 0 Å². The van der Waals surface area contributed by atoms with Gasteiger partial charge in [-0.2, -0.15) is 0 Å². The summed E-state index contributed by atoms with van der Waals surface area (Å²) in [5.41, 5.74) is 0.286. The molecule has 4 amide bonds. The lowest BCUT2D eigenvalue weighted by Crippen LogP contribution is -2.57. The van der Waals surface area contributed by atoms with Gasteiger partial charge in [0, 0.05) is 12.1 Å². The summed E-state index contributed by atoms with van der Waals surface area (Å²) in [5, 5.41) is 2.53. The van der Waals surface area contributed by atoms with E-state index in [4.69, 9.17) is 21.1 Å². The van der Waals surface area contributed by atoms with Crippen LogP contribution in [-0.4, -0.2) is 43.0 Å². The Hall–Kier alpha value is -2.54. The quantitative estimate of drug-likeness (QED) is 0.643. The summed E-state index contributed by atoms with van der Waals surface area (Å²) < 4.78 is 10.4. The first-order valence-corrected chi connectivity index (χ1v) is 8.66. The Balaban J connectivity index is 2.00. The second kappa shape index (κ2) is 7.37. The Morgan fingerprint density at radius 3 is 2.35 bits per heavy atom. The van der Waals surface area contributed by atoms with E-state index >= 15 is 0 Å². The maximum atomic E-state index is 12.8. The van der Waals surface area contributed by atoms with Crippen molar-refractivity contribution < 1.29 is 23.9 Å². The van der Waals surface area contributed by atoms with Crippen LogP contribution in [0.1, 0.15) is 31.2 Å². The van der Waals surface area contributed by atoms with Crippen LogP contribution in [0.25, 0.3) is 6.08 Å². The van der Waals surface area contributed by atoms with Crippen molar-refractivity contribution >= 4 is 35.5 Å². The Bertz CT molecular complexity index is 799. The molecule has 1 aromatic carbocycles. The Labute approximate surface area is 155 Å². The van der Waals surface area contributed by atoms with Gasteiger partial charge in [-0.1, -0.05) is 24.4 Å². The molecule has 1 saturated heterocycles. The van der Waals surface area contributed by atoms with Gasteiger partial charge in [0.15, 0.2) is 11.5 Å². The van der Waals surface area contributed by atoms with E-state index in [2.05, 4.69) is 5.32 Å². The SMILES string of the molecule is COc1cc(Cl)c(/C=C2\C(=O)NC(=O)N(C3CCCC3)C2=O)cc1OC. The lowest BCUT2D eigenvalue weighted by atomic mass is 10.0. The van der Waals surface area contributed by atoms with Crippen LogP contribution >= 0.6 is 11.6 Å². The van der Waals surface area contributed by atoms with E-state index in [0.717, 1.165) is 30.6 Å². The van der Waals surface area contributed by atoms with Crippen molar-refractivity contribution in [3.05, 3.63) is 28.3 Å². The number of nitrogens with zero attached hydrogens (tertiary/aromatic N) is 1. The Morgan fingerprint density at radius 2 is 1.73 bits per heavy atom. The van der Waals surface area contributed by atoms with Crippen molar-refractivity contribution in [2.45, 2.75) is 31.7 Å². The van der Waals surface area contributed by atoms with Crippen LogP contribution in [0.4, 0.5) is 4.79 Å². The number of nitrogens with one attached hydrogen (secondary N) is 1. The number of urea groups is 1. The first-order valence-electron chi connectivity index (χ1n) is 8.28. The smallest absolute Gasteiger partial charge is 0.331 e. The number of carbonyl (C=O) groups is 3. The molecule has 7 nitrogen and oxygen atoms in total. The number of hydrogen-bond acceptors (Lipinski definition) is 5. The summed E-state index contributed by atoms with van der Waals surface area (Å²) >= 11 is 6.24. The summed E-state index contributed by atoms with van der Waals surface area (Å²) in [4.78, 5) is 38.3. The van der Waals surface area contributed by atoms with Crippen molar-refractivity contribution in [3.8, 4) is 11.5 Å². The van der Waals surface area contributed by atoms with E-state index in [1.807, 2.05) is 0 Å². The third-order valence-electron chi connectivity index (χ3n) is 4.63. The predicted octanol–water partition coefficient (Wildman–Crippen LogP) is 2.76. The molecule has 1 saturated carbocycles. The van der Waals surface area contributed by atoms with E-state index in [1.54, 1.807) is 6.07 Å². The summed E-state index contributed by atoms with van der Waals surface area (Å²) in [7, 11) is 2.96. The molecule has 0 atom stereocenters. The average molecular weight is 379 g/mol. The molecule has 0 spiro atoms. The van der Waals surface area contributed by atoms with Crippen molar-refractivity contribution in [1.82, 2.24) is 10.2 Å². The number of benzene rings is 1. The fourth-order valence-electron chi connectivity index (χ4n) is 3.30. The lowest BCUT2D eigenvalue weighted by Gasteiger charge is -2.31. The number of carbonyl (C=O) groups excluding carboxylic acids is 3. The van der Waals surface area contributed by atoms with Crippen molar-refractivity contribution in [1.29, 1.82) is 0 Å². The molecule has 2 aliphatic rings. The first kappa shape index (κ1) is 18.3. The highest BCUT2D eigenvalue weighted by atomic mass is 35.5. The molecule has 0 aromatic heterocycles. The van der Waals surface area contributed by atoms with Gasteiger partial charge in [-0.25, -0.2) is 4.79 Å². The number of imide groups is 2. The fraction of sp³-hybridized carbons (Fsp3) is 0.389. The molecule has 1 aliphatic heterocycles. The molecule has 0 bridgehead atoms. The average Bonchev–Trinajstić information content (AvgIpc) is 3.13. The predicted molar refractivity (Wildman–Crippen MR) is 95.2 cm³/mol. The third-order valence-corrected chi connectivity index (χ3v) is 4.95. The molecule has 8 heteroatoms. The van der Waals surface area contributed by atoms with Gasteiger partial charge in [0.1, 0.15) is 5.57 Å². The van der Waals surface area contributed by atoms with E-state index < -0.39 is 17.8 Å². The van der Waals surface area contributed by atoms with Gasteiger partial charge in [-0.3, -0.25) is 19.8 Å². The second-order valence-electron chi connectivity index (χ2n) is 6.16. The van der Waals surface area contributed by atoms with Gasteiger partial charge >= 0.3 is 6.03 Å². The zero-order valence-electron chi connectivity index (χ0n) is 14.5. The van der Waals surface area contributed by atoms with E-state index in [-0.39, 0.29) is 11.6 Å². The van der Waals surface area contributed by atoms with Gasteiger partial charge in [0.05, 0.1) is 19.2 Å². The molecule has 138 valence electrons. The standard InChI is InChI=1S/C18H19ClN2O5/c1-25-14-8-10(13(19)9-15(14)26-2)7-12-16(22)20-18(24)21(17(12)23)11-5-3-4-6-11/h7-9,11H,3-6H2,1-2H3,(H,20,22,24)/b12-7+. The summed E-state index contributed by atoms with van der Waals surface area (Å²) in [5.74, 6) is -0.491. The molecule has 3 rings (SSSR count). The zero-order valence-corrected chi connectivity index (χ0v) is 15.3. The molecule has 0 radical (unpaired) electrons. The number of methoxy groups -OCH3 is 2. The number of hydrogen-bond donors (Lipinski definition) is 1. The van der Waals surface area contributed by atoms with Crippen molar-refractivity contribution in [2.75, 3.05) is 14.2 Å². The minimum Gasteiger partial charge on any atom is -0.493 e. The zero-order chi connectivity index (χ0) is 18.8. The molecule has 0 unspecified atom stereocenters. The van der Waals surface area contributed by atoms with Crippen LogP contribution in [0.5, 0.6) is 11.5 Å². The topological polar surface area (TPSA) is 84.9 Å². The molecular weight excluding hydrogens is 360 g/mol. The van der Waals surface area contributed by atoms with Gasteiger partial charge in [0.2, 0.25) is 0 Å². The number of barbiturate groups is 1. The van der Waals surface area contributed by atoms with Gasteiger partial charge in [-0.05, 0) is 30.5 Å². The molecule has 1 N–H and O–H groups in total. The summed E-state index contributed by atoms with van der Waals surface area (Å²) in [6.07, 6.45) is 4.78. The van der Waals surface area contributed by atoms with Crippen molar-refractivity contribution in [3.63, 3.8) is 0 Å². The minimum atomic E-state index is -0.736. The minimum absolute atomic E-state index is 0.134. The normalized spacial score (nSPS) is 19.9. The Kier molecular flexibility index (Phi) is 5.18. The maximum Gasteiger partial charge on any atom is 0.331 e. The molecular formula is C18H19ClN2O5. The molecule has 26 heavy (non-hydrogen) atoms.